The molecule has 1 aliphatic rings. The molecule has 2 aromatic rings. The Hall–Kier alpha value is -2.57. The van der Waals surface area contributed by atoms with Crippen LogP contribution >= 0.6 is 0 Å². The van der Waals surface area contributed by atoms with Gasteiger partial charge in [0.05, 0.1) is 26.7 Å². The normalized spacial score (nSPS) is 17.3. The number of carbonyl (C=O) groups is 1. The van der Waals surface area contributed by atoms with Crippen molar-refractivity contribution >= 4 is 5.97 Å². The third-order valence-electron chi connectivity index (χ3n) is 5.38. The average molecular weight is 399 g/mol. The molecule has 1 fully saturated rings. The van der Waals surface area contributed by atoms with Gasteiger partial charge in [0.1, 0.15) is 17.6 Å². The van der Waals surface area contributed by atoms with E-state index in [0.29, 0.717) is 19.7 Å². The molecule has 1 unspecified atom stereocenters. The Balaban J connectivity index is 1.68. The van der Waals surface area contributed by atoms with Gasteiger partial charge in [-0.3, -0.25) is 4.79 Å². The van der Waals surface area contributed by atoms with Crippen LogP contribution < -0.4 is 9.47 Å². The van der Waals surface area contributed by atoms with Gasteiger partial charge < -0.3 is 24.2 Å². The number of carboxylic acids is 1. The molecule has 1 aliphatic heterocycles. The predicted octanol–water partition coefficient (Wildman–Crippen LogP) is 3.61. The van der Waals surface area contributed by atoms with Gasteiger partial charge in [0.15, 0.2) is 0 Å². The molecule has 0 saturated carbocycles. The molecule has 156 valence electrons. The van der Waals surface area contributed by atoms with E-state index in [4.69, 9.17) is 14.2 Å². The molecule has 1 atom stereocenters. The van der Waals surface area contributed by atoms with Gasteiger partial charge in [0, 0.05) is 13.1 Å². The van der Waals surface area contributed by atoms with Gasteiger partial charge in [0.2, 0.25) is 0 Å². The zero-order chi connectivity index (χ0) is 20.6. The van der Waals surface area contributed by atoms with Gasteiger partial charge in [-0.1, -0.05) is 24.3 Å². The Labute approximate surface area is 172 Å². The molecule has 1 N–H and O–H groups in total. The maximum absolute atomic E-state index is 11.3. The lowest BCUT2D eigenvalue weighted by molar-refractivity contribution is -0.143. The summed E-state index contributed by atoms with van der Waals surface area (Å²) in [4.78, 5) is 13.5. The van der Waals surface area contributed by atoms with Crippen LogP contribution in [0, 0.1) is 5.92 Å². The van der Waals surface area contributed by atoms with Gasteiger partial charge in [0.25, 0.3) is 0 Å². The first-order chi connectivity index (χ1) is 14.1. The summed E-state index contributed by atoms with van der Waals surface area (Å²) in [6, 6.07) is 15.7. The molecule has 6 nitrogen and oxygen atoms in total. The SMILES string of the molecule is COc1ccc(C(OCCN2CCCC(C(=O)O)C2)c2ccc(OC)cc2)cc1. The van der Waals surface area contributed by atoms with Crippen molar-refractivity contribution in [3.05, 3.63) is 59.7 Å². The topological polar surface area (TPSA) is 68.2 Å². The average Bonchev–Trinajstić information content (AvgIpc) is 2.77. The van der Waals surface area contributed by atoms with Crippen LogP contribution in [0.4, 0.5) is 0 Å². The summed E-state index contributed by atoms with van der Waals surface area (Å²) in [5, 5.41) is 9.27. The predicted molar refractivity (Wildman–Crippen MR) is 111 cm³/mol. The summed E-state index contributed by atoms with van der Waals surface area (Å²) in [5.74, 6) is 0.623. The number of aliphatic carboxylic acids is 1. The number of carboxylic acid groups (broad SMARTS) is 1. The summed E-state index contributed by atoms with van der Waals surface area (Å²) in [6.45, 7) is 2.75. The minimum absolute atomic E-state index is 0.216. The molecule has 6 heteroatoms. The van der Waals surface area contributed by atoms with Crippen molar-refractivity contribution in [1.82, 2.24) is 4.90 Å². The number of hydrogen-bond acceptors (Lipinski definition) is 5. The molecule has 0 aliphatic carbocycles. The summed E-state index contributed by atoms with van der Waals surface area (Å²) in [7, 11) is 3.30. The van der Waals surface area contributed by atoms with E-state index in [-0.39, 0.29) is 12.0 Å². The summed E-state index contributed by atoms with van der Waals surface area (Å²) in [6.07, 6.45) is 1.46. The van der Waals surface area contributed by atoms with Gasteiger partial charge in [-0.15, -0.1) is 0 Å². The fraction of sp³-hybridized carbons (Fsp3) is 0.435. The number of piperidine rings is 1. The van der Waals surface area contributed by atoms with Crippen LogP contribution in [-0.2, 0) is 9.53 Å². The Morgan fingerprint density at radius 1 is 1.03 bits per heavy atom. The van der Waals surface area contributed by atoms with Crippen molar-refractivity contribution in [3.63, 3.8) is 0 Å². The molecule has 1 saturated heterocycles. The number of nitrogens with zero attached hydrogens (tertiary/aromatic N) is 1. The third-order valence-corrected chi connectivity index (χ3v) is 5.38. The number of benzene rings is 2. The lowest BCUT2D eigenvalue weighted by Crippen LogP contribution is -2.40. The summed E-state index contributed by atoms with van der Waals surface area (Å²) < 4.78 is 16.8. The second-order valence-corrected chi connectivity index (χ2v) is 7.28. The van der Waals surface area contributed by atoms with Crippen molar-refractivity contribution in [2.45, 2.75) is 18.9 Å². The molecule has 2 aromatic carbocycles. The summed E-state index contributed by atoms with van der Waals surface area (Å²) >= 11 is 0. The second-order valence-electron chi connectivity index (χ2n) is 7.28. The quantitative estimate of drug-likeness (QED) is 0.695. The molecule has 3 rings (SSSR count). The standard InChI is InChI=1S/C23H29NO5/c1-27-20-9-5-17(6-10-20)22(18-7-11-21(28-2)12-8-18)29-15-14-24-13-3-4-19(16-24)23(25)26/h5-12,19,22H,3-4,13-16H2,1-2H3,(H,25,26). The number of ether oxygens (including phenoxy) is 3. The fourth-order valence-corrected chi connectivity index (χ4v) is 3.70. The minimum atomic E-state index is -0.704. The second kappa shape index (κ2) is 10.3. The van der Waals surface area contributed by atoms with Crippen molar-refractivity contribution in [2.24, 2.45) is 5.92 Å². The Morgan fingerprint density at radius 2 is 1.59 bits per heavy atom. The molecule has 29 heavy (non-hydrogen) atoms. The number of rotatable bonds is 9. The van der Waals surface area contributed by atoms with Gasteiger partial charge in [-0.25, -0.2) is 0 Å². The highest BCUT2D eigenvalue weighted by Crippen LogP contribution is 2.29. The number of methoxy groups -OCH3 is 2. The van der Waals surface area contributed by atoms with E-state index in [1.54, 1.807) is 14.2 Å². The van der Waals surface area contributed by atoms with Crippen LogP contribution in [0.25, 0.3) is 0 Å². The number of hydrogen-bond donors (Lipinski definition) is 1. The van der Waals surface area contributed by atoms with Crippen LogP contribution in [0.5, 0.6) is 11.5 Å². The monoisotopic (exact) mass is 399 g/mol. The van der Waals surface area contributed by atoms with E-state index in [0.717, 1.165) is 42.0 Å². The lowest BCUT2D eigenvalue weighted by Gasteiger charge is -2.31. The van der Waals surface area contributed by atoms with Crippen molar-refractivity contribution in [1.29, 1.82) is 0 Å². The van der Waals surface area contributed by atoms with E-state index < -0.39 is 5.97 Å². The molecule has 0 aromatic heterocycles. The first kappa shape index (κ1) is 21.1. The maximum Gasteiger partial charge on any atom is 0.307 e. The molecular weight excluding hydrogens is 370 g/mol. The van der Waals surface area contributed by atoms with Crippen LogP contribution in [0.15, 0.2) is 48.5 Å². The minimum Gasteiger partial charge on any atom is -0.497 e. The highest BCUT2D eigenvalue weighted by molar-refractivity contribution is 5.70. The van der Waals surface area contributed by atoms with E-state index >= 15 is 0 Å². The summed E-state index contributed by atoms with van der Waals surface area (Å²) in [5.41, 5.74) is 2.08. The van der Waals surface area contributed by atoms with Crippen molar-refractivity contribution < 1.29 is 24.1 Å². The van der Waals surface area contributed by atoms with Gasteiger partial charge in [-0.05, 0) is 54.8 Å². The smallest absolute Gasteiger partial charge is 0.307 e. The van der Waals surface area contributed by atoms with Crippen LogP contribution in [0.2, 0.25) is 0 Å². The Bertz CT molecular complexity index is 727. The van der Waals surface area contributed by atoms with E-state index in [1.807, 2.05) is 48.5 Å². The lowest BCUT2D eigenvalue weighted by atomic mass is 9.98. The fourth-order valence-electron chi connectivity index (χ4n) is 3.70. The van der Waals surface area contributed by atoms with Crippen molar-refractivity contribution in [2.75, 3.05) is 40.5 Å². The van der Waals surface area contributed by atoms with E-state index in [2.05, 4.69) is 4.90 Å². The molecule has 0 amide bonds. The molecule has 0 bridgehead atoms. The highest BCUT2D eigenvalue weighted by Gasteiger charge is 2.25. The van der Waals surface area contributed by atoms with E-state index in [1.165, 1.54) is 0 Å². The third kappa shape index (κ3) is 5.71. The number of likely N-dealkylation sites (tertiary alicyclic amines) is 1. The van der Waals surface area contributed by atoms with Crippen LogP contribution in [0.3, 0.4) is 0 Å². The first-order valence-corrected chi connectivity index (χ1v) is 9.95. The maximum atomic E-state index is 11.3. The Morgan fingerprint density at radius 3 is 2.07 bits per heavy atom. The van der Waals surface area contributed by atoms with Crippen LogP contribution in [-0.4, -0.2) is 56.4 Å². The zero-order valence-electron chi connectivity index (χ0n) is 17.0. The first-order valence-electron chi connectivity index (χ1n) is 9.95. The van der Waals surface area contributed by atoms with Gasteiger partial charge >= 0.3 is 5.97 Å². The van der Waals surface area contributed by atoms with Gasteiger partial charge in [-0.2, -0.15) is 0 Å². The van der Waals surface area contributed by atoms with Crippen LogP contribution in [0.1, 0.15) is 30.1 Å². The van der Waals surface area contributed by atoms with E-state index in [9.17, 15) is 9.90 Å². The molecular formula is C23H29NO5. The largest absolute Gasteiger partial charge is 0.497 e. The molecule has 0 spiro atoms. The molecule has 1 heterocycles. The Kier molecular flexibility index (Phi) is 7.49. The molecule has 0 radical (unpaired) electrons. The highest BCUT2D eigenvalue weighted by atomic mass is 16.5. The zero-order valence-corrected chi connectivity index (χ0v) is 17.0. The van der Waals surface area contributed by atoms with Crippen molar-refractivity contribution in [3.8, 4) is 11.5 Å².